The lowest BCUT2D eigenvalue weighted by atomic mass is 9.99. The predicted octanol–water partition coefficient (Wildman–Crippen LogP) is 5.99. The van der Waals surface area contributed by atoms with Gasteiger partial charge in [-0.25, -0.2) is 4.79 Å². The van der Waals surface area contributed by atoms with Gasteiger partial charge in [0, 0.05) is 35.1 Å². The number of rotatable bonds is 4. The molecule has 3 aromatic rings. The van der Waals surface area contributed by atoms with Gasteiger partial charge >= 0.3 is 6.03 Å². The smallest absolute Gasteiger partial charge is 0.323 e. The third-order valence-corrected chi connectivity index (χ3v) is 6.10. The van der Waals surface area contributed by atoms with Crippen molar-refractivity contribution >= 4 is 34.8 Å². The van der Waals surface area contributed by atoms with Crippen molar-refractivity contribution in [2.45, 2.75) is 26.7 Å². The molecule has 1 saturated heterocycles. The number of aromatic nitrogens is 2. The molecule has 1 aliphatic heterocycles. The zero-order valence-corrected chi connectivity index (χ0v) is 18.5. The first-order valence-corrected chi connectivity index (χ1v) is 10.9. The second-order valence-corrected chi connectivity index (χ2v) is 8.43. The van der Waals surface area contributed by atoms with Crippen molar-refractivity contribution in [2.24, 2.45) is 5.92 Å². The summed E-state index contributed by atoms with van der Waals surface area (Å²) in [6.07, 6.45) is 2.38. The Morgan fingerprint density at radius 3 is 2.55 bits per heavy atom. The maximum atomic E-state index is 12.4. The quantitative estimate of drug-likeness (QED) is 0.528. The van der Waals surface area contributed by atoms with Crippen molar-refractivity contribution in [2.75, 3.05) is 28.6 Å². The number of carbonyl (C=O) groups is 1. The number of piperidine rings is 1. The zero-order valence-electron chi connectivity index (χ0n) is 17.7. The molecule has 0 spiro atoms. The third kappa shape index (κ3) is 5.14. The molecule has 1 fully saturated rings. The number of carbonyl (C=O) groups excluding carboxylic acids is 1. The average Bonchev–Trinajstić information content (AvgIpc) is 2.78. The van der Waals surface area contributed by atoms with E-state index >= 15 is 0 Å². The molecule has 0 atom stereocenters. The highest BCUT2D eigenvalue weighted by atomic mass is 35.5. The van der Waals surface area contributed by atoms with E-state index in [4.69, 9.17) is 11.6 Å². The number of urea groups is 1. The Balaban J connectivity index is 1.43. The number of halogens is 1. The monoisotopic (exact) mass is 435 g/mol. The fourth-order valence-electron chi connectivity index (χ4n) is 3.67. The van der Waals surface area contributed by atoms with Crippen LogP contribution in [0.2, 0.25) is 5.02 Å². The molecule has 0 aliphatic carbocycles. The molecule has 2 N–H and O–H groups in total. The lowest BCUT2D eigenvalue weighted by Gasteiger charge is -2.30. The van der Waals surface area contributed by atoms with Crippen LogP contribution in [0.1, 0.15) is 25.3 Å². The van der Waals surface area contributed by atoms with Gasteiger partial charge in [-0.15, -0.1) is 10.2 Å². The van der Waals surface area contributed by atoms with Crippen LogP contribution >= 0.6 is 11.6 Å². The van der Waals surface area contributed by atoms with Crippen LogP contribution in [0.3, 0.4) is 0 Å². The summed E-state index contributed by atoms with van der Waals surface area (Å²) in [5.74, 6) is 1.69. The normalized spacial score (nSPS) is 14.4. The summed E-state index contributed by atoms with van der Waals surface area (Å²) in [5.41, 5.74) is 3.83. The van der Waals surface area contributed by atoms with Gasteiger partial charge in [-0.1, -0.05) is 36.7 Å². The van der Waals surface area contributed by atoms with Crippen molar-refractivity contribution in [1.82, 2.24) is 10.2 Å². The summed E-state index contributed by atoms with van der Waals surface area (Å²) < 4.78 is 0. The number of hydrogen-bond donors (Lipinski definition) is 2. The molecule has 0 saturated carbocycles. The summed E-state index contributed by atoms with van der Waals surface area (Å²) in [6, 6.07) is 16.7. The van der Waals surface area contributed by atoms with Crippen LogP contribution in [0.25, 0.3) is 11.3 Å². The van der Waals surface area contributed by atoms with E-state index in [1.807, 2.05) is 49.4 Å². The number of anilines is 3. The van der Waals surface area contributed by atoms with E-state index < -0.39 is 0 Å². The van der Waals surface area contributed by atoms with Gasteiger partial charge in [-0.05, 0) is 67.6 Å². The summed E-state index contributed by atoms with van der Waals surface area (Å²) in [6.45, 7) is 6.21. The SMILES string of the molecule is Cc1c(Cl)cccc1NC(=O)Nc1cccc(-c2ccc(N3CCC(C)CC3)nn2)c1. The molecule has 4 rings (SSSR count). The van der Waals surface area contributed by atoms with Crippen LogP contribution in [-0.2, 0) is 0 Å². The molecule has 2 heterocycles. The molecule has 0 radical (unpaired) electrons. The second kappa shape index (κ2) is 9.35. The topological polar surface area (TPSA) is 70.2 Å². The summed E-state index contributed by atoms with van der Waals surface area (Å²) >= 11 is 6.13. The van der Waals surface area contributed by atoms with Gasteiger partial charge < -0.3 is 15.5 Å². The Morgan fingerprint density at radius 1 is 1.03 bits per heavy atom. The Kier molecular flexibility index (Phi) is 6.37. The van der Waals surface area contributed by atoms with E-state index in [0.29, 0.717) is 16.4 Å². The Labute approximate surface area is 187 Å². The van der Waals surface area contributed by atoms with Gasteiger partial charge in [0.1, 0.15) is 0 Å². The first-order valence-electron chi connectivity index (χ1n) is 10.5. The molecular formula is C24H26ClN5O. The van der Waals surface area contributed by atoms with E-state index in [1.54, 1.807) is 12.1 Å². The van der Waals surface area contributed by atoms with E-state index in [9.17, 15) is 4.79 Å². The van der Waals surface area contributed by atoms with Crippen molar-refractivity contribution in [3.8, 4) is 11.3 Å². The third-order valence-electron chi connectivity index (χ3n) is 5.69. The summed E-state index contributed by atoms with van der Waals surface area (Å²) in [4.78, 5) is 14.7. The molecule has 0 unspecified atom stereocenters. The van der Waals surface area contributed by atoms with Gasteiger partial charge in [0.05, 0.1) is 5.69 Å². The Morgan fingerprint density at radius 2 is 1.81 bits per heavy atom. The van der Waals surface area contributed by atoms with Crippen LogP contribution in [-0.4, -0.2) is 29.3 Å². The number of hydrogen-bond acceptors (Lipinski definition) is 4. The van der Waals surface area contributed by atoms with Gasteiger partial charge in [0.15, 0.2) is 5.82 Å². The molecule has 1 aliphatic rings. The minimum atomic E-state index is -0.330. The van der Waals surface area contributed by atoms with Gasteiger partial charge in [0.25, 0.3) is 0 Å². The summed E-state index contributed by atoms with van der Waals surface area (Å²) in [5, 5.41) is 15.2. The van der Waals surface area contributed by atoms with Crippen molar-refractivity contribution in [3.63, 3.8) is 0 Å². The van der Waals surface area contributed by atoms with Crippen LogP contribution in [0.15, 0.2) is 54.6 Å². The predicted molar refractivity (Wildman–Crippen MR) is 127 cm³/mol. The molecule has 1 aromatic heterocycles. The molecular weight excluding hydrogens is 410 g/mol. The van der Waals surface area contributed by atoms with Gasteiger partial charge in [-0.2, -0.15) is 0 Å². The molecule has 2 amide bonds. The number of amides is 2. The lowest BCUT2D eigenvalue weighted by Crippen LogP contribution is -2.33. The number of nitrogens with one attached hydrogen (secondary N) is 2. The minimum absolute atomic E-state index is 0.330. The van der Waals surface area contributed by atoms with Crippen LogP contribution in [0.4, 0.5) is 22.0 Å². The molecule has 7 heteroatoms. The minimum Gasteiger partial charge on any atom is -0.355 e. The summed E-state index contributed by atoms with van der Waals surface area (Å²) in [7, 11) is 0. The molecule has 160 valence electrons. The molecule has 0 bridgehead atoms. The highest BCUT2D eigenvalue weighted by Gasteiger charge is 2.17. The van der Waals surface area contributed by atoms with Crippen LogP contribution < -0.4 is 15.5 Å². The van der Waals surface area contributed by atoms with E-state index in [2.05, 4.69) is 32.7 Å². The van der Waals surface area contributed by atoms with Crippen molar-refractivity contribution in [3.05, 3.63) is 65.2 Å². The Hall–Kier alpha value is -3.12. The van der Waals surface area contributed by atoms with Crippen molar-refractivity contribution < 1.29 is 4.79 Å². The lowest BCUT2D eigenvalue weighted by molar-refractivity contribution is 0.262. The van der Waals surface area contributed by atoms with Gasteiger partial charge in [-0.3, -0.25) is 0 Å². The molecule has 31 heavy (non-hydrogen) atoms. The molecule has 6 nitrogen and oxygen atoms in total. The van der Waals surface area contributed by atoms with Gasteiger partial charge in [0.2, 0.25) is 0 Å². The maximum Gasteiger partial charge on any atom is 0.323 e. The van der Waals surface area contributed by atoms with E-state index in [-0.39, 0.29) is 6.03 Å². The van der Waals surface area contributed by atoms with E-state index in [0.717, 1.165) is 41.6 Å². The molecule has 2 aromatic carbocycles. The highest BCUT2D eigenvalue weighted by molar-refractivity contribution is 6.31. The van der Waals surface area contributed by atoms with Crippen LogP contribution in [0.5, 0.6) is 0 Å². The zero-order chi connectivity index (χ0) is 21.8. The largest absolute Gasteiger partial charge is 0.355 e. The maximum absolute atomic E-state index is 12.4. The first-order chi connectivity index (χ1) is 15.0. The van der Waals surface area contributed by atoms with E-state index in [1.165, 1.54) is 12.8 Å². The second-order valence-electron chi connectivity index (χ2n) is 8.02. The fourth-order valence-corrected chi connectivity index (χ4v) is 3.84. The highest BCUT2D eigenvalue weighted by Crippen LogP contribution is 2.25. The standard InChI is InChI=1S/C24H26ClN5O/c1-16-11-13-30(14-12-16)23-10-9-22(28-29-23)18-5-3-6-19(15-18)26-24(31)27-21-8-4-7-20(25)17(21)2/h3-10,15-16H,11-14H2,1-2H3,(H2,26,27,31). The fraction of sp³-hybridized carbons (Fsp3) is 0.292. The number of benzene rings is 2. The Bertz CT molecular complexity index is 1060. The number of nitrogens with zero attached hydrogens (tertiary/aromatic N) is 3. The van der Waals surface area contributed by atoms with Crippen LogP contribution in [0, 0.1) is 12.8 Å². The van der Waals surface area contributed by atoms with Crippen molar-refractivity contribution in [1.29, 1.82) is 0 Å². The first kappa shape index (κ1) is 21.1. The average molecular weight is 436 g/mol.